The van der Waals surface area contributed by atoms with Crippen molar-refractivity contribution in [3.63, 3.8) is 0 Å². The van der Waals surface area contributed by atoms with Gasteiger partial charge in [0.15, 0.2) is 0 Å². The third kappa shape index (κ3) is 3.76. The van der Waals surface area contributed by atoms with Gasteiger partial charge in [-0.3, -0.25) is 14.5 Å². The van der Waals surface area contributed by atoms with Crippen LogP contribution >= 0.6 is 11.3 Å². The minimum Gasteiger partial charge on any atom is -0.337 e. The van der Waals surface area contributed by atoms with Crippen molar-refractivity contribution in [2.75, 3.05) is 26.2 Å². The summed E-state index contributed by atoms with van der Waals surface area (Å²) in [6, 6.07) is 6.09. The summed E-state index contributed by atoms with van der Waals surface area (Å²) in [7, 11) is 0. The summed E-state index contributed by atoms with van der Waals surface area (Å²) in [5.41, 5.74) is 2.26. The normalized spacial score (nSPS) is 18.4. The zero-order chi connectivity index (χ0) is 17.9. The van der Waals surface area contributed by atoms with Crippen LogP contribution in [0.4, 0.5) is 0 Å². The molecule has 0 unspecified atom stereocenters. The van der Waals surface area contributed by atoms with Gasteiger partial charge in [-0.1, -0.05) is 6.07 Å². The van der Waals surface area contributed by atoms with Gasteiger partial charge in [0.1, 0.15) is 5.56 Å². The van der Waals surface area contributed by atoms with Gasteiger partial charge < -0.3 is 9.88 Å². The highest BCUT2D eigenvalue weighted by Gasteiger charge is 2.24. The Balaban J connectivity index is 1.46. The number of carbonyl (C=O) groups is 1. The molecule has 1 aliphatic heterocycles. The molecule has 138 valence electrons. The summed E-state index contributed by atoms with van der Waals surface area (Å²) < 4.78 is 0. The second-order valence-corrected chi connectivity index (χ2v) is 8.26. The first-order valence-corrected chi connectivity index (χ1v) is 10.4. The minimum atomic E-state index is -0.227. The van der Waals surface area contributed by atoms with Crippen molar-refractivity contribution < 1.29 is 4.79 Å². The lowest BCUT2D eigenvalue weighted by atomic mass is 9.95. The van der Waals surface area contributed by atoms with Crippen molar-refractivity contribution in [1.82, 2.24) is 14.8 Å². The van der Waals surface area contributed by atoms with Crippen LogP contribution < -0.4 is 5.56 Å². The third-order valence-corrected chi connectivity index (χ3v) is 6.26. The highest BCUT2D eigenvalue weighted by atomic mass is 32.1. The van der Waals surface area contributed by atoms with Crippen LogP contribution in [0, 0.1) is 0 Å². The summed E-state index contributed by atoms with van der Waals surface area (Å²) in [6.45, 7) is 4.19. The van der Waals surface area contributed by atoms with Crippen LogP contribution in [0.5, 0.6) is 0 Å². The van der Waals surface area contributed by atoms with Crippen LogP contribution in [-0.4, -0.2) is 46.9 Å². The molecule has 2 aliphatic rings. The van der Waals surface area contributed by atoms with Gasteiger partial charge >= 0.3 is 0 Å². The lowest BCUT2D eigenvalue weighted by Gasteiger charge is -2.22. The van der Waals surface area contributed by atoms with Crippen LogP contribution in [0.1, 0.15) is 45.8 Å². The quantitative estimate of drug-likeness (QED) is 0.902. The molecule has 1 aliphatic carbocycles. The first-order chi connectivity index (χ1) is 12.7. The molecule has 1 N–H and O–H groups in total. The monoisotopic (exact) mass is 371 g/mol. The number of amides is 1. The molecule has 0 radical (unpaired) electrons. The number of fused-ring (bicyclic) bond motifs is 1. The van der Waals surface area contributed by atoms with Crippen molar-refractivity contribution in [3.05, 3.63) is 55.6 Å². The maximum absolute atomic E-state index is 13.0. The van der Waals surface area contributed by atoms with E-state index >= 15 is 0 Å². The highest BCUT2D eigenvalue weighted by Crippen LogP contribution is 2.20. The number of aromatic nitrogens is 1. The van der Waals surface area contributed by atoms with Gasteiger partial charge in [-0.2, -0.15) is 0 Å². The van der Waals surface area contributed by atoms with E-state index in [-0.39, 0.29) is 11.5 Å². The summed E-state index contributed by atoms with van der Waals surface area (Å²) >= 11 is 1.77. The number of nitrogens with one attached hydrogen (secondary N) is 1. The number of hydrogen-bond donors (Lipinski definition) is 1. The molecule has 0 aromatic carbocycles. The topological polar surface area (TPSA) is 56.4 Å². The van der Waals surface area contributed by atoms with E-state index in [2.05, 4.69) is 27.4 Å². The van der Waals surface area contributed by atoms with Crippen molar-refractivity contribution in [1.29, 1.82) is 0 Å². The fourth-order valence-corrected chi connectivity index (χ4v) is 4.71. The van der Waals surface area contributed by atoms with Gasteiger partial charge in [-0.25, -0.2) is 0 Å². The van der Waals surface area contributed by atoms with Gasteiger partial charge in [0.25, 0.3) is 11.5 Å². The number of thiophene rings is 1. The van der Waals surface area contributed by atoms with Crippen molar-refractivity contribution in [2.24, 2.45) is 0 Å². The van der Waals surface area contributed by atoms with Crippen LogP contribution in [0.15, 0.2) is 28.4 Å². The molecule has 2 aromatic heterocycles. The standard InChI is InChI=1S/C20H25N3O2S/c24-19-17(13-15-5-1-2-7-18(15)21-19)20(25)23-9-4-8-22(10-11-23)14-16-6-3-12-26-16/h3,6,12-13H,1-2,4-5,7-11,14H2,(H,21,24). The number of rotatable bonds is 3. The first kappa shape index (κ1) is 17.5. The second-order valence-electron chi connectivity index (χ2n) is 7.22. The van der Waals surface area contributed by atoms with Gasteiger partial charge in [0.2, 0.25) is 0 Å². The van der Waals surface area contributed by atoms with Gasteiger partial charge in [0, 0.05) is 43.3 Å². The van der Waals surface area contributed by atoms with E-state index in [4.69, 9.17) is 0 Å². The number of aryl methyl sites for hydroxylation is 2. The number of aromatic amines is 1. The van der Waals surface area contributed by atoms with E-state index in [1.807, 2.05) is 11.0 Å². The zero-order valence-electron chi connectivity index (χ0n) is 15.0. The number of hydrogen-bond acceptors (Lipinski definition) is 4. The Morgan fingerprint density at radius 2 is 2.00 bits per heavy atom. The van der Waals surface area contributed by atoms with Crippen molar-refractivity contribution in [2.45, 2.75) is 38.6 Å². The number of H-pyrrole nitrogens is 1. The molecule has 6 heteroatoms. The van der Waals surface area contributed by atoms with E-state index in [9.17, 15) is 9.59 Å². The predicted molar refractivity (Wildman–Crippen MR) is 104 cm³/mol. The van der Waals surface area contributed by atoms with Crippen LogP contribution in [0.3, 0.4) is 0 Å². The Morgan fingerprint density at radius 3 is 2.85 bits per heavy atom. The lowest BCUT2D eigenvalue weighted by Crippen LogP contribution is -2.38. The zero-order valence-corrected chi connectivity index (χ0v) is 15.8. The Bertz CT molecular complexity index is 828. The van der Waals surface area contributed by atoms with Crippen LogP contribution in [-0.2, 0) is 19.4 Å². The molecule has 1 fully saturated rings. The molecule has 2 aromatic rings. The van der Waals surface area contributed by atoms with Gasteiger partial charge in [0.05, 0.1) is 0 Å². The molecule has 1 amide bonds. The maximum atomic E-state index is 13.0. The summed E-state index contributed by atoms with van der Waals surface area (Å²) in [6.07, 6.45) is 5.07. The smallest absolute Gasteiger partial charge is 0.261 e. The average molecular weight is 372 g/mol. The Hall–Kier alpha value is -1.92. The molecule has 26 heavy (non-hydrogen) atoms. The SMILES string of the molecule is O=C(c1cc2c([nH]c1=O)CCCC2)N1CCCN(Cc2cccs2)CC1. The molecule has 4 rings (SSSR count). The summed E-state index contributed by atoms with van der Waals surface area (Å²) in [4.78, 5) is 34.0. The predicted octanol–water partition coefficient (Wildman–Crippen LogP) is 2.66. The third-order valence-electron chi connectivity index (χ3n) is 5.40. The van der Waals surface area contributed by atoms with E-state index < -0.39 is 0 Å². The van der Waals surface area contributed by atoms with Crippen LogP contribution in [0.2, 0.25) is 0 Å². The van der Waals surface area contributed by atoms with E-state index in [1.165, 1.54) is 4.88 Å². The molecule has 0 bridgehead atoms. The number of pyridine rings is 1. The molecular formula is C20H25N3O2S. The average Bonchev–Trinajstić information content (AvgIpc) is 3.05. The molecule has 0 saturated carbocycles. The second kappa shape index (κ2) is 7.76. The maximum Gasteiger partial charge on any atom is 0.261 e. The number of nitrogens with zero attached hydrogens (tertiary/aromatic N) is 2. The molecule has 0 spiro atoms. The minimum absolute atomic E-state index is 0.113. The van der Waals surface area contributed by atoms with Crippen LogP contribution in [0.25, 0.3) is 0 Å². The molecule has 1 saturated heterocycles. The van der Waals surface area contributed by atoms with E-state index in [0.717, 1.165) is 69.5 Å². The number of carbonyl (C=O) groups excluding carboxylic acids is 1. The van der Waals surface area contributed by atoms with Gasteiger partial charge in [-0.05, 0) is 55.2 Å². The van der Waals surface area contributed by atoms with Crippen molar-refractivity contribution >= 4 is 17.2 Å². The Morgan fingerprint density at radius 1 is 1.12 bits per heavy atom. The largest absolute Gasteiger partial charge is 0.337 e. The fraction of sp³-hybridized carbons (Fsp3) is 0.500. The molecular weight excluding hydrogens is 346 g/mol. The molecule has 0 atom stereocenters. The van der Waals surface area contributed by atoms with E-state index in [1.54, 1.807) is 11.3 Å². The lowest BCUT2D eigenvalue weighted by molar-refractivity contribution is 0.0759. The molecule has 3 heterocycles. The Labute approximate surface area is 157 Å². The summed E-state index contributed by atoms with van der Waals surface area (Å²) in [5.74, 6) is -0.113. The highest BCUT2D eigenvalue weighted by molar-refractivity contribution is 7.09. The fourth-order valence-electron chi connectivity index (χ4n) is 3.96. The van der Waals surface area contributed by atoms with E-state index in [0.29, 0.717) is 12.1 Å². The van der Waals surface area contributed by atoms with Crippen molar-refractivity contribution in [3.8, 4) is 0 Å². The Kier molecular flexibility index (Phi) is 5.22. The molecule has 5 nitrogen and oxygen atoms in total. The summed E-state index contributed by atoms with van der Waals surface area (Å²) in [5, 5.41) is 2.10. The first-order valence-electron chi connectivity index (χ1n) is 9.50. The van der Waals surface area contributed by atoms with Gasteiger partial charge in [-0.15, -0.1) is 11.3 Å².